The molecule has 0 bridgehead atoms. The van der Waals surface area contributed by atoms with Crippen molar-refractivity contribution in [3.63, 3.8) is 0 Å². The molecule has 91 heavy (non-hydrogen) atoms. The highest BCUT2D eigenvalue weighted by atomic mass is 13.8. The SMILES string of the molecule is C=CC=CC=CC=CC=CC=CC=CC=CC=CC=CC=CC=CC=CC=CC=CC=CC=CC=CC=CC=CC=CC=CC=CC=CC=CC=CC=CC=CC=CC=CC=CC=CC=CC=CC=CC=CC=CC=CC=CC=CC=CC=CC=CC=CC=CC. The number of rotatable bonds is 44. The van der Waals surface area contributed by atoms with Crippen LogP contribution in [0.1, 0.15) is 6.92 Å². The van der Waals surface area contributed by atoms with Gasteiger partial charge in [-0.25, -0.2) is 0 Å². The minimum absolute atomic E-state index is 1.75. The van der Waals surface area contributed by atoms with Crippen LogP contribution >= 0.6 is 0 Å². The van der Waals surface area contributed by atoms with Gasteiger partial charge in [-0.2, -0.15) is 0 Å². The minimum Gasteiger partial charge on any atom is -0.0991 e. The Morgan fingerprint density at radius 2 is 0.143 bits per heavy atom. The first-order valence-corrected chi connectivity index (χ1v) is 30.3. The molecule has 0 nitrogen and oxygen atoms in total. The standard InChI is InChI=1S/C91H94/c1-3-5-7-9-11-13-15-17-19-21-23-25-27-29-31-33-35-37-39-41-43-45-47-49-51-53-55-57-59-61-63-65-67-69-71-73-75-77-79-81-83-85-87-89-91-90-88-86-84-82-80-78-76-74-72-70-68-66-64-62-60-58-56-54-52-50-48-46-44-42-40-38-36-34-32-30-28-26-24-22-20-18-16-14-12-10-8-6-4-2/h3-91H,1H2,2H3. The van der Waals surface area contributed by atoms with Crippen molar-refractivity contribution in [1.82, 2.24) is 0 Å². The third-order valence-electron chi connectivity index (χ3n) is 9.88. The largest absolute Gasteiger partial charge is 0.0991 e. The van der Waals surface area contributed by atoms with Gasteiger partial charge in [-0.3, -0.25) is 0 Å². The fourth-order valence-electron chi connectivity index (χ4n) is 5.64. The Balaban J connectivity index is 4.11. The van der Waals surface area contributed by atoms with Gasteiger partial charge in [0.15, 0.2) is 0 Å². The summed E-state index contributed by atoms with van der Waals surface area (Å²) in [6.07, 6.45) is 177. The molecule has 0 aliphatic heterocycles. The van der Waals surface area contributed by atoms with Crippen molar-refractivity contribution in [2.75, 3.05) is 0 Å². The van der Waals surface area contributed by atoms with Crippen molar-refractivity contribution >= 4 is 0 Å². The molecule has 0 atom stereocenters. The lowest BCUT2D eigenvalue weighted by Crippen LogP contribution is -1.55. The van der Waals surface area contributed by atoms with Crippen molar-refractivity contribution in [1.29, 1.82) is 0 Å². The fraction of sp³-hybridized carbons (Fsp3) is 0.0110. The van der Waals surface area contributed by atoms with Gasteiger partial charge in [0.05, 0.1) is 0 Å². The Labute approximate surface area is 551 Å². The van der Waals surface area contributed by atoms with Crippen LogP contribution in [0.4, 0.5) is 0 Å². The quantitative estimate of drug-likeness (QED) is 0.0534. The summed E-state index contributed by atoms with van der Waals surface area (Å²) in [6, 6.07) is 0. The van der Waals surface area contributed by atoms with Gasteiger partial charge >= 0.3 is 0 Å². The van der Waals surface area contributed by atoms with E-state index in [1.54, 1.807) is 6.08 Å². The average Bonchev–Trinajstić information content (AvgIpc) is 3.56. The molecule has 0 rings (SSSR count). The van der Waals surface area contributed by atoms with Crippen LogP contribution in [-0.2, 0) is 0 Å². The first-order chi connectivity index (χ1) is 45.4. The van der Waals surface area contributed by atoms with Crippen LogP contribution in [0.15, 0.2) is 547 Å². The molecule has 0 heteroatoms. The lowest BCUT2D eigenvalue weighted by atomic mass is 10.3. The maximum absolute atomic E-state index is 3.63. The van der Waals surface area contributed by atoms with Gasteiger partial charge in [0, 0.05) is 0 Å². The molecule has 0 N–H and O–H groups in total. The van der Waals surface area contributed by atoms with E-state index < -0.39 is 0 Å². The molecule has 0 radical (unpaired) electrons. The molecular weight excluding hydrogens is 1090 g/mol. The van der Waals surface area contributed by atoms with Crippen LogP contribution in [0.3, 0.4) is 0 Å². The highest BCUT2D eigenvalue weighted by Gasteiger charge is 1.73. The number of hydrogen-bond donors (Lipinski definition) is 0. The molecule has 0 spiro atoms. The Morgan fingerprint density at radius 3 is 0.198 bits per heavy atom. The van der Waals surface area contributed by atoms with Gasteiger partial charge in [0.2, 0.25) is 0 Å². The molecule has 0 saturated carbocycles. The van der Waals surface area contributed by atoms with Crippen LogP contribution < -0.4 is 0 Å². The van der Waals surface area contributed by atoms with Gasteiger partial charge in [-0.1, -0.05) is 547 Å². The first kappa shape index (κ1) is 79.3. The number of allylic oxidation sites excluding steroid dienone is 89. The summed E-state index contributed by atoms with van der Waals surface area (Å²) < 4.78 is 0. The molecule has 0 saturated heterocycles. The molecule has 458 valence electrons. The Hall–Kier alpha value is -11.7. The predicted molar refractivity (Wildman–Crippen MR) is 418 cm³/mol. The van der Waals surface area contributed by atoms with E-state index in [-0.39, 0.29) is 0 Å². The van der Waals surface area contributed by atoms with E-state index in [0.29, 0.717) is 0 Å². The molecule has 0 aromatic carbocycles. The van der Waals surface area contributed by atoms with Crippen LogP contribution in [0.25, 0.3) is 0 Å². The van der Waals surface area contributed by atoms with E-state index >= 15 is 0 Å². The molecule has 0 fully saturated rings. The summed E-state index contributed by atoms with van der Waals surface area (Å²) in [5, 5.41) is 0. The monoisotopic (exact) mass is 1190 g/mol. The van der Waals surface area contributed by atoms with Crippen LogP contribution in [0.2, 0.25) is 0 Å². The topological polar surface area (TPSA) is 0 Å². The predicted octanol–water partition coefficient (Wildman–Crippen LogP) is 25.7. The Morgan fingerprint density at radius 1 is 0.0879 bits per heavy atom. The molecule has 0 aromatic heterocycles. The molecule has 0 heterocycles. The van der Waals surface area contributed by atoms with Gasteiger partial charge in [0.25, 0.3) is 0 Å². The van der Waals surface area contributed by atoms with E-state index in [4.69, 9.17) is 0 Å². The molecule has 0 unspecified atom stereocenters. The molecular formula is C91H94. The maximum atomic E-state index is 3.63. The minimum atomic E-state index is 1.75. The second kappa shape index (κ2) is 78.3. The van der Waals surface area contributed by atoms with Crippen molar-refractivity contribution in [2.24, 2.45) is 0 Å². The van der Waals surface area contributed by atoms with Crippen LogP contribution in [0, 0.1) is 0 Å². The zero-order chi connectivity index (χ0) is 64.9. The van der Waals surface area contributed by atoms with E-state index in [0.717, 1.165) is 0 Å². The lowest BCUT2D eigenvalue weighted by Gasteiger charge is -1.77. The van der Waals surface area contributed by atoms with Crippen molar-refractivity contribution < 1.29 is 0 Å². The van der Waals surface area contributed by atoms with E-state index in [1.807, 2.05) is 542 Å². The summed E-state index contributed by atoms with van der Waals surface area (Å²) in [7, 11) is 0. The third-order valence-corrected chi connectivity index (χ3v) is 9.88. The van der Waals surface area contributed by atoms with E-state index in [9.17, 15) is 0 Å². The summed E-state index contributed by atoms with van der Waals surface area (Å²) in [6.45, 7) is 5.63. The smallest absolute Gasteiger partial charge is 0.0467 e. The molecule has 0 aliphatic carbocycles. The summed E-state index contributed by atoms with van der Waals surface area (Å²) in [5.74, 6) is 0. The van der Waals surface area contributed by atoms with Crippen molar-refractivity contribution in [3.05, 3.63) is 547 Å². The van der Waals surface area contributed by atoms with Crippen LogP contribution in [-0.4, -0.2) is 0 Å². The summed E-state index contributed by atoms with van der Waals surface area (Å²) in [5.41, 5.74) is 0. The zero-order valence-electron chi connectivity index (χ0n) is 53.1. The Bertz CT molecular complexity index is 3300. The highest BCUT2D eigenvalue weighted by molar-refractivity contribution is 5.30. The van der Waals surface area contributed by atoms with Gasteiger partial charge in [0.1, 0.15) is 0 Å². The van der Waals surface area contributed by atoms with E-state index in [2.05, 4.69) is 6.58 Å². The summed E-state index contributed by atoms with van der Waals surface area (Å²) in [4.78, 5) is 0. The average molecular weight is 1190 g/mol. The fourth-order valence-corrected chi connectivity index (χ4v) is 5.64. The Kier molecular flexibility index (Phi) is 68.2. The second-order valence-electron chi connectivity index (χ2n) is 17.3. The van der Waals surface area contributed by atoms with Gasteiger partial charge in [-0.05, 0) is 6.92 Å². The maximum Gasteiger partial charge on any atom is -0.0467 e. The summed E-state index contributed by atoms with van der Waals surface area (Å²) >= 11 is 0. The first-order valence-electron chi connectivity index (χ1n) is 30.3. The van der Waals surface area contributed by atoms with Gasteiger partial charge < -0.3 is 0 Å². The van der Waals surface area contributed by atoms with Crippen molar-refractivity contribution in [3.8, 4) is 0 Å². The normalized spacial score (nSPS) is 15.6. The van der Waals surface area contributed by atoms with Crippen molar-refractivity contribution in [2.45, 2.75) is 6.92 Å². The second-order valence-corrected chi connectivity index (χ2v) is 17.3. The third kappa shape index (κ3) is 78.3. The lowest BCUT2D eigenvalue weighted by molar-refractivity contribution is 1.73. The highest BCUT2D eigenvalue weighted by Crippen LogP contribution is 1.94. The molecule has 0 aromatic rings. The van der Waals surface area contributed by atoms with Crippen LogP contribution in [0.5, 0.6) is 0 Å². The molecule has 0 amide bonds. The molecule has 0 aliphatic rings. The van der Waals surface area contributed by atoms with E-state index in [1.165, 1.54) is 0 Å². The number of hydrogen-bond acceptors (Lipinski definition) is 0. The van der Waals surface area contributed by atoms with Gasteiger partial charge in [-0.15, -0.1) is 0 Å². The zero-order valence-corrected chi connectivity index (χ0v) is 53.1.